The Kier molecular flexibility index (Phi) is 8.98. The molecule has 27 heavy (non-hydrogen) atoms. The summed E-state index contributed by atoms with van der Waals surface area (Å²) in [6, 6.07) is 8.89. The van der Waals surface area contributed by atoms with E-state index in [-0.39, 0.29) is 18.3 Å². The van der Waals surface area contributed by atoms with Crippen molar-refractivity contribution in [2.45, 2.75) is 65.9 Å². The molecule has 0 heterocycles. The summed E-state index contributed by atoms with van der Waals surface area (Å²) in [4.78, 5) is 35.7. The van der Waals surface area contributed by atoms with E-state index >= 15 is 0 Å². The predicted octanol–water partition coefficient (Wildman–Crippen LogP) is 4.90. The van der Waals surface area contributed by atoms with Gasteiger partial charge >= 0.3 is 18.1 Å². The van der Waals surface area contributed by atoms with Crippen molar-refractivity contribution < 1.29 is 28.6 Å². The molecule has 0 saturated heterocycles. The maximum Gasteiger partial charge on any atom is 0.516 e. The quantitative estimate of drug-likeness (QED) is 0.363. The molecule has 0 amide bonds. The Morgan fingerprint density at radius 3 is 2.22 bits per heavy atom. The number of hydrogen-bond donors (Lipinski definition) is 0. The number of esters is 2. The highest BCUT2D eigenvalue weighted by Crippen LogP contribution is 2.22. The van der Waals surface area contributed by atoms with Gasteiger partial charge in [-0.05, 0) is 58.1 Å². The van der Waals surface area contributed by atoms with Crippen LogP contribution in [-0.2, 0) is 19.1 Å². The van der Waals surface area contributed by atoms with E-state index in [1.54, 1.807) is 45.0 Å². The molecule has 0 radical (unpaired) electrons. The van der Waals surface area contributed by atoms with Gasteiger partial charge < -0.3 is 14.2 Å². The normalized spacial score (nSPS) is 12.4. The lowest BCUT2D eigenvalue weighted by Gasteiger charge is -2.19. The van der Waals surface area contributed by atoms with E-state index in [2.05, 4.69) is 4.74 Å². The smallest absolute Gasteiger partial charge is 0.428 e. The van der Waals surface area contributed by atoms with Gasteiger partial charge in [-0.25, -0.2) is 4.79 Å². The molecule has 0 bridgehead atoms. The minimum absolute atomic E-state index is 0.0342. The van der Waals surface area contributed by atoms with Crippen LogP contribution in [0.25, 0.3) is 0 Å². The van der Waals surface area contributed by atoms with E-state index in [0.717, 1.165) is 0 Å². The molecule has 1 rings (SSSR count). The Labute approximate surface area is 161 Å². The van der Waals surface area contributed by atoms with Gasteiger partial charge in [0.25, 0.3) is 0 Å². The number of ether oxygens (including phenoxy) is 3. The second-order valence-electron chi connectivity index (χ2n) is 7.89. The fraction of sp³-hybridized carbons (Fsp3) is 0.571. The summed E-state index contributed by atoms with van der Waals surface area (Å²) >= 11 is 0. The zero-order valence-electron chi connectivity index (χ0n) is 16.8. The highest BCUT2D eigenvalue weighted by molar-refractivity contribution is 5.82. The van der Waals surface area contributed by atoms with Crippen LogP contribution in [-0.4, -0.2) is 23.7 Å². The number of hydrogen-bond acceptors (Lipinski definition) is 6. The van der Waals surface area contributed by atoms with Gasteiger partial charge in [-0.3, -0.25) is 9.59 Å². The molecule has 0 fully saturated rings. The van der Waals surface area contributed by atoms with Crippen LogP contribution in [0.4, 0.5) is 4.79 Å². The molecular formula is C21H30O6. The van der Waals surface area contributed by atoms with Crippen LogP contribution in [0, 0.1) is 11.8 Å². The van der Waals surface area contributed by atoms with Crippen LogP contribution in [0.15, 0.2) is 30.3 Å². The lowest BCUT2D eigenvalue weighted by molar-refractivity contribution is -0.143. The summed E-state index contributed by atoms with van der Waals surface area (Å²) in [5.41, 5.74) is -0.721. The maximum atomic E-state index is 12.4. The Hall–Kier alpha value is -2.37. The van der Waals surface area contributed by atoms with Crippen LogP contribution in [0.5, 0.6) is 5.75 Å². The van der Waals surface area contributed by atoms with E-state index in [4.69, 9.17) is 9.47 Å². The zero-order valence-corrected chi connectivity index (χ0v) is 16.8. The van der Waals surface area contributed by atoms with Gasteiger partial charge in [0.2, 0.25) is 0 Å². The molecule has 150 valence electrons. The first-order valence-corrected chi connectivity index (χ1v) is 9.27. The molecule has 0 aliphatic carbocycles. The third-order valence-electron chi connectivity index (χ3n) is 3.57. The van der Waals surface area contributed by atoms with Crippen molar-refractivity contribution in [1.82, 2.24) is 0 Å². The third-order valence-corrected chi connectivity index (χ3v) is 3.57. The molecule has 1 aromatic rings. The van der Waals surface area contributed by atoms with E-state index in [1.807, 2.05) is 19.9 Å². The SMILES string of the molecule is CC(C)CC(CCCC(=O)OC(=O)OC(C)(C)C)C(=O)Oc1ccccc1. The summed E-state index contributed by atoms with van der Waals surface area (Å²) in [5.74, 6) is -0.480. The van der Waals surface area contributed by atoms with Gasteiger partial charge in [0.15, 0.2) is 0 Å². The minimum Gasteiger partial charge on any atom is -0.428 e. The lowest BCUT2D eigenvalue weighted by Crippen LogP contribution is -2.26. The van der Waals surface area contributed by atoms with E-state index in [0.29, 0.717) is 30.9 Å². The molecule has 0 aliphatic rings. The summed E-state index contributed by atoms with van der Waals surface area (Å²) < 4.78 is 15.0. The summed E-state index contributed by atoms with van der Waals surface area (Å²) in [5, 5.41) is 0. The van der Waals surface area contributed by atoms with Crippen molar-refractivity contribution in [2.75, 3.05) is 0 Å². The van der Waals surface area contributed by atoms with Crippen LogP contribution < -0.4 is 4.74 Å². The topological polar surface area (TPSA) is 78.9 Å². The van der Waals surface area contributed by atoms with Gasteiger partial charge in [-0.15, -0.1) is 0 Å². The molecule has 0 saturated carbocycles. The zero-order chi connectivity index (χ0) is 20.4. The molecule has 0 aromatic heterocycles. The summed E-state index contributed by atoms with van der Waals surface area (Å²) in [6.07, 6.45) is 0.588. The second-order valence-corrected chi connectivity index (χ2v) is 7.89. The number of para-hydroxylation sites is 1. The molecule has 0 aliphatic heterocycles. The maximum absolute atomic E-state index is 12.4. The lowest BCUT2D eigenvalue weighted by atomic mass is 9.92. The molecule has 6 heteroatoms. The standard InChI is InChI=1S/C21H30O6/c1-15(2)14-16(19(23)25-17-11-7-6-8-12-17)10-9-13-18(22)26-20(24)27-21(3,4)5/h6-8,11-12,15-16H,9-10,13-14H2,1-5H3. The van der Waals surface area contributed by atoms with Crippen LogP contribution in [0.1, 0.15) is 60.3 Å². The Morgan fingerprint density at radius 1 is 1.04 bits per heavy atom. The number of carbonyl (C=O) groups excluding carboxylic acids is 3. The Bertz CT molecular complexity index is 615. The average Bonchev–Trinajstić information content (AvgIpc) is 2.52. The minimum atomic E-state index is -1.00. The molecule has 0 spiro atoms. The number of rotatable bonds is 8. The third kappa shape index (κ3) is 10.4. The molecule has 6 nitrogen and oxygen atoms in total. The number of carbonyl (C=O) groups is 3. The van der Waals surface area contributed by atoms with Gasteiger partial charge in [0.05, 0.1) is 5.92 Å². The average molecular weight is 378 g/mol. The first-order valence-electron chi connectivity index (χ1n) is 9.27. The van der Waals surface area contributed by atoms with Crippen LogP contribution in [0.3, 0.4) is 0 Å². The van der Waals surface area contributed by atoms with E-state index in [1.165, 1.54) is 0 Å². The van der Waals surface area contributed by atoms with Crippen molar-refractivity contribution in [2.24, 2.45) is 11.8 Å². The molecule has 1 atom stereocenters. The van der Waals surface area contributed by atoms with Crippen molar-refractivity contribution in [3.8, 4) is 5.75 Å². The largest absolute Gasteiger partial charge is 0.516 e. The van der Waals surface area contributed by atoms with Crippen molar-refractivity contribution in [3.05, 3.63) is 30.3 Å². The molecule has 0 N–H and O–H groups in total. The molecular weight excluding hydrogens is 348 g/mol. The predicted molar refractivity (Wildman–Crippen MR) is 101 cm³/mol. The van der Waals surface area contributed by atoms with E-state index < -0.39 is 17.7 Å². The van der Waals surface area contributed by atoms with Gasteiger partial charge in [-0.2, -0.15) is 0 Å². The number of benzene rings is 1. The van der Waals surface area contributed by atoms with Gasteiger partial charge in [0, 0.05) is 6.42 Å². The monoisotopic (exact) mass is 378 g/mol. The summed E-state index contributed by atoms with van der Waals surface area (Å²) in [7, 11) is 0. The van der Waals surface area contributed by atoms with E-state index in [9.17, 15) is 14.4 Å². The van der Waals surface area contributed by atoms with Gasteiger partial charge in [0.1, 0.15) is 11.4 Å². The van der Waals surface area contributed by atoms with Crippen molar-refractivity contribution in [3.63, 3.8) is 0 Å². The molecule has 1 aromatic carbocycles. The summed E-state index contributed by atoms with van der Waals surface area (Å²) in [6.45, 7) is 9.12. The second kappa shape index (κ2) is 10.7. The van der Waals surface area contributed by atoms with Crippen LogP contribution >= 0.6 is 0 Å². The molecule has 1 unspecified atom stereocenters. The Morgan fingerprint density at radius 2 is 1.67 bits per heavy atom. The fourth-order valence-electron chi connectivity index (χ4n) is 2.50. The fourth-order valence-corrected chi connectivity index (χ4v) is 2.50. The van der Waals surface area contributed by atoms with Gasteiger partial charge in [-0.1, -0.05) is 32.0 Å². The highest BCUT2D eigenvalue weighted by Gasteiger charge is 2.24. The first kappa shape index (κ1) is 22.7. The Balaban J connectivity index is 2.49. The van der Waals surface area contributed by atoms with Crippen molar-refractivity contribution >= 4 is 18.1 Å². The highest BCUT2D eigenvalue weighted by atomic mass is 16.7. The van der Waals surface area contributed by atoms with Crippen molar-refractivity contribution in [1.29, 1.82) is 0 Å². The first-order chi connectivity index (χ1) is 12.6. The van der Waals surface area contributed by atoms with Crippen LogP contribution in [0.2, 0.25) is 0 Å².